The minimum atomic E-state index is -0.344. The van der Waals surface area contributed by atoms with Crippen LogP contribution in [0.2, 0.25) is 0 Å². The molecule has 0 saturated carbocycles. The molecule has 0 aliphatic carbocycles. The van der Waals surface area contributed by atoms with Crippen molar-refractivity contribution in [2.45, 2.75) is 6.92 Å². The average molecular weight is 358 g/mol. The first-order valence-corrected chi connectivity index (χ1v) is 8.33. The number of nitrogens with zero attached hydrogens (tertiary/aromatic N) is 2. The zero-order valence-corrected chi connectivity index (χ0v) is 14.7. The molecular formula is C21H18N4O2. The number of nitrogens with one attached hydrogen (secondary N) is 2. The Kier molecular flexibility index (Phi) is 5.69. The molecule has 6 heteroatoms. The summed E-state index contributed by atoms with van der Waals surface area (Å²) < 4.78 is 0. The van der Waals surface area contributed by atoms with Crippen molar-refractivity contribution in [2.75, 3.05) is 5.32 Å². The summed E-state index contributed by atoms with van der Waals surface area (Å²) in [4.78, 5) is 28.1. The van der Waals surface area contributed by atoms with Crippen LogP contribution in [0.4, 0.5) is 5.69 Å². The van der Waals surface area contributed by atoms with Gasteiger partial charge in [-0.05, 0) is 48.9 Å². The third-order valence-corrected chi connectivity index (χ3v) is 3.76. The molecule has 0 aliphatic heterocycles. The number of pyridine rings is 1. The zero-order chi connectivity index (χ0) is 19.1. The molecule has 2 N–H and O–H groups in total. The Morgan fingerprint density at radius 1 is 0.963 bits per heavy atom. The Morgan fingerprint density at radius 3 is 2.52 bits per heavy atom. The van der Waals surface area contributed by atoms with Crippen molar-refractivity contribution >= 4 is 23.7 Å². The number of benzene rings is 2. The Hall–Kier alpha value is -3.80. The zero-order valence-electron chi connectivity index (χ0n) is 14.7. The van der Waals surface area contributed by atoms with E-state index >= 15 is 0 Å². The Morgan fingerprint density at radius 2 is 1.78 bits per heavy atom. The van der Waals surface area contributed by atoms with Crippen molar-refractivity contribution in [2.24, 2.45) is 5.10 Å². The fraction of sp³-hybridized carbons (Fsp3) is 0.0476. The molecule has 2 aromatic carbocycles. The molecule has 0 bridgehead atoms. The van der Waals surface area contributed by atoms with Crippen molar-refractivity contribution < 1.29 is 9.59 Å². The van der Waals surface area contributed by atoms with Crippen LogP contribution in [0.5, 0.6) is 0 Å². The molecule has 0 spiro atoms. The van der Waals surface area contributed by atoms with Gasteiger partial charge in [0.2, 0.25) is 0 Å². The lowest BCUT2D eigenvalue weighted by molar-refractivity contribution is 0.0954. The maximum absolute atomic E-state index is 12.3. The van der Waals surface area contributed by atoms with Gasteiger partial charge in [0.1, 0.15) is 0 Å². The summed E-state index contributed by atoms with van der Waals surface area (Å²) in [6.45, 7) is 1.97. The van der Waals surface area contributed by atoms with Crippen LogP contribution in [0.25, 0.3) is 0 Å². The van der Waals surface area contributed by atoms with E-state index in [4.69, 9.17) is 0 Å². The third-order valence-electron chi connectivity index (χ3n) is 3.76. The molecular weight excluding hydrogens is 340 g/mol. The van der Waals surface area contributed by atoms with Gasteiger partial charge in [0.05, 0.1) is 11.8 Å². The van der Waals surface area contributed by atoms with Gasteiger partial charge in [-0.25, -0.2) is 5.43 Å². The summed E-state index contributed by atoms with van der Waals surface area (Å²) in [6.07, 6.45) is 4.57. The SMILES string of the molecule is Cc1ccc(C(=O)Nc2cccc(/C=N\NC(=O)c3cccnc3)c2)cc1. The summed E-state index contributed by atoms with van der Waals surface area (Å²) >= 11 is 0. The summed E-state index contributed by atoms with van der Waals surface area (Å²) in [6, 6.07) is 17.9. The van der Waals surface area contributed by atoms with Crippen molar-refractivity contribution in [1.82, 2.24) is 10.4 Å². The second kappa shape index (κ2) is 8.53. The van der Waals surface area contributed by atoms with Gasteiger partial charge in [0, 0.05) is 23.6 Å². The molecule has 134 valence electrons. The first-order valence-electron chi connectivity index (χ1n) is 8.33. The standard InChI is InChI=1S/C21H18N4O2/c1-15-7-9-17(10-8-15)20(26)24-19-6-2-4-16(12-19)13-23-25-21(27)18-5-3-11-22-14-18/h2-14H,1H3,(H,24,26)(H,25,27)/b23-13-. The van der Waals surface area contributed by atoms with Crippen LogP contribution >= 0.6 is 0 Å². The first-order chi connectivity index (χ1) is 13.1. The van der Waals surface area contributed by atoms with E-state index in [1.54, 1.807) is 48.7 Å². The molecule has 1 aromatic heterocycles. The normalized spacial score (nSPS) is 10.6. The van der Waals surface area contributed by atoms with E-state index in [1.165, 1.54) is 12.4 Å². The molecule has 3 rings (SSSR count). The van der Waals surface area contributed by atoms with Crippen LogP contribution < -0.4 is 10.7 Å². The smallest absolute Gasteiger partial charge is 0.272 e. The van der Waals surface area contributed by atoms with E-state index in [0.717, 1.165) is 11.1 Å². The Labute approximate surface area is 157 Å². The van der Waals surface area contributed by atoms with Gasteiger partial charge in [-0.15, -0.1) is 0 Å². The number of hydrogen-bond donors (Lipinski definition) is 2. The summed E-state index contributed by atoms with van der Waals surface area (Å²) in [5.74, 6) is -0.530. The molecule has 0 unspecified atom stereocenters. The predicted octanol–water partition coefficient (Wildman–Crippen LogP) is 3.41. The van der Waals surface area contributed by atoms with E-state index in [0.29, 0.717) is 16.8 Å². The molecule has 27 heavy (non-hydrogen) atoms. The van der Waals surface area contributed by atoms with Crippen LogP contribution in [0.15, 0.2) is 78.2 Å². The predicted molar refractivity (Wildman–Crippen MR) is 105 cm³/mol. The Bertz CT molecular complexity index is 967. The molecule has 0 aliphatic rings. The van der Waals surface area contributed by atoms with Crippen LogP contribution in [-0.4, -0.2) is 23.0 Å². The molecule has 0 saturated heterocycles. The number of aryl methyl sites for hydroxylation is 1. The highest BCUT2D eigenvalue weighted by atomic mass is 16.2. The topological polar surface area (TPSA) is 83.5 Å². The second-order valence-electron chi connectivity index (χ2n) is 5.89. The lowest BCUT2D eigenvalue weighted by Crippen LogP contribution is -2.17. The number of aromatic nitrogens is 1. The number of amides is 2. The van der Waals surface area contributed by atoms with Gasteiger partial charge in [-0.3, -0.25) is 14.6 Å². The number of rotatable bonds is 5. The molecule has 0 atom stereocenters. The van der Waals surface area contributed by atoms with Crippen molar-refractivity contribution in [3.63, 3.8) is 0 Å². The fourth-order valence-corrected chi connectivity index (χ4v) is 2.33. The average Bonchev–Trinajstić information content (AvgIpc) is 2.69. The number of anilines is 1. The molecule has 6 nitrogen and oxygen atoms in total. The maximum Gasteiger partial charge on any atom is 0.272 e. The minimum absolute atomic E-state index is 0.186. The van der Waals surface area contributed by atoms with E-state index in [2.05, 4.69) is 20.8 Å². The molecule has 2 amide bonds. The maximum atomic E-state index is 12.3. The number of hydrogen-bond acceptors (Lipinski definition) is 4. The number of hydrazone groups is 1. The van der Waals surface area contributed by atoms with Gasteiger partial charge in [0.15, 0.2) is 0 Å². The van der Waals surface area contributed by atoms with Crippen LogP contribution in [0, 0.1) is 6.92 Å². The van der Waals surface area contributed by atoms with Gasteiger partial charge >= 0.3 is 0 Å². The molecule has 3 aromatic rings. The highest BCUT2D eigenvalue weighted by Gasteiger charge is 2.06. The largest absolute Gasteiger partial charge is 0.322 e. The van der Waals surface area contributed by atoms with Crippen molar-refractivity contribution in [1.29, 1.82) is 0 Å². The van der Waals surface area contributed by atoms with Gasteiger partial charge in [-0.1, -0.05) is 29.8 Å². The monoisotopic (exact) mass is 358 g/mol. The number of carbonyl (C=O) groups excluding carboxylic acids is 2. The van der Waals surface area contributed by atoms with Gasteiger partial charge in [0.25, 0.3) is 11.8 Å². The fourth-order valence-electron chi connectivity index (χ4n) is 2.33. The minimum Gasteiger partial charge on any atom is -0.322 e. The number of carbonyl (C=O) groups is 2. The van der Waals surface area contributed by atoms with E-state index < -0.39 is 0 Å². The van der Waals surface area contributed by atoms with Gasteiger partial charge < -0.3 is 5.32 Å². The third kappa shape index (κ3) is 5.09. The van der Waals surface area contributed by atoms with E-state index in [9.17, 15) is 9.59 Å². The van der Waals surface area contributed by atoms with E-state index in [-0.39, 0.29) is 11.8 Å². The summed E-state index contributed by atoms with van der Waals surface area (Å²) in [5.41, 5.74) is 5.93. The molecule has 0 radical (unpaired) electrons. The van der Waals surface area contributed by atoms with Crippen LogP contribution in [-0.2, 0) is 0 Å². The molecule has 1 heterocycles. The lowest BCUT2D eigenvalue weighted by atomic mass is 10.1. The Balaban J connectivity index is 1.62. The molecule has 0 fully saturated rings. The quantitative estimate of drug-likeness (QED) is 0.541. The summed E-state index contributed by atoms with van der Waals surface area (Å²) in [7, 11) is 0. The summed E-state index contributed by atoms with van der Waals surface area (Å²) in [5, 5.41) is 6.79. The van der Waals surface area contributed by atoms with Crippen LogP contribution in [0.3, 0.4) is 0 Å². The van der Waals surface area contributed by atoms with Crippen molar-refractivity contribution in [3.8, 4) is 0 Å². The highest BCUT2D eigenvalue weighted by molar-refractivity contribution is 6.04. The van der Waals surface area contributed by atoms with Gasteiger partial charge in [-0.2, -0.15) is 5.10 Å². The van der Waals surface area contributed by atoms with Crippen LogP contribution in [0.1, 0.15) is 31.8 Å². The highest BCUT2D eigenvalue weighted by Crippen LogP contribution is 2.12. The first kappa shape index (κ1) is 18.0. The lowest BCUT2D eigenvalue weighted by Gasteiger charge is -2.06. The van der Waals surface area contributed by atoms with E-state index in [1.807, 2.05) is 25.1 Å². The second-order valence-corrected chi connectivity index (χ2v) is 5.89. The van der Waals surface area contributed by atoms with Crippen molar-refractivity contribution in [3.05, 3.63) is 95.3 Å².